The number of para-hydroxylation sites is 1. The van der Waals surface area contributed by atoms with E-state index in [0.717, 1.165) is 36.4 Å². The average Bonchev–Trinajstić information content (AvgIpc) is 3.32. The number of nitrogens with one attached hydrogen (secondary N) is 2. The van der Waals surface area contributed by atoms with Crippen molar-refractivity contribution in [2.75, 3.05) is 19.3 Å². The molecule has 0 saturated heterocycles. The highest BCUT2D eigenvalue weighted by molar-refractivity contribution is 7.99. The molecular formula is C20H29N5S. The Balaban J connectivity index is 1.53. The van der Waals surface area contributed by atoms with Gasteiger partial charge in [0.1, 0.15) is 0 Å². The number of aliphatic imine (C=N–C) groups is 1. The Morgan fingerprint density at radius 3 is 2.88 bits per heavy atom. The van der Waals surface area contributed by atoms with E-state index in [-0.39, 0.29) is 0 Å². The molecule has 2 aromatic rings. The Bertz CT molecular complexity index is 697. The topological polar surface area (TPSA) is 54.2 Å². The number of hydrogen-bond donors (Lipinski definition) is 2. The van der Waals surface area contributed by atoms with Crippen molar-refractivity contribution in [2.24, 2.45) is 4.99 Å². The van der Waals surface area contributed by atoms with E-state index in [1.54, 1.807) is 0 Å². The van der Waals surface area contributed by atoms with Crippen molar-refractivity contribution in [3.05, 3.63) is 48.3 Å². The molecule has 1 fully saturated rings. The summed E-state index contributed by atoms with van der Waals surface area (Å²) in [4.78, 5) is 4.76. The zero-order chi connectivity index (χ0) is 18.2. The minimum absolute atomic E-state index is 0.547. The van der Waals surface area contributed by atoms with E-state index < -0.39 is 0 Å². The van der Waals surface area contributed by atoms with E-state index in [1.807, 2.05) is 40.8 Å². The Morgan fingerprint density at radius 2 is 2.15 bits per heavy atom. The maximum Gasteiger partial charge on any atom is 0.191 e. The van der Waals surface area contributed by atoms with Crippen LogP contribution in [0.15, 0.2) is 47.7 Å². The van der Waals surface area contributed by atoms with Crippen LogP contribution in [0.2, 0.25) is 0 Å². The molecule has 0 amide bonds. The molecule has 0 aliphatic heterocycles. The molecule has 1 aromatic carbocycles. The number of guanidine groups is 1. The van der Waals surface area contributed by atoms with Gasteiger partial charge in [0.2, 0.25) is 0 Å². The predicted octanol–water partition coefficient (Wildman–Crippen LogP) is 3.25. The standard InChI is InChI=1S/C20H29N5S/c1-3-21-20(24-17-9-10-19(13-17)26-2)22-12-11-16-14-23-25(15-16)18-7-5-4-6-8-18/h4-8,14-15,17,19H,3,9-13H2,1-2H3,(H2,21,22,24). The lowest BCUT2D eigenvalue weighted by atomic mass is 10.2. The van der Waals surface area contributed by atoms with Gasteiger partial charge in [-0.1, -0.05) is 18.2 Å². The fourth-order valence-corrected chi connectivity index (χ4v) is 4.10. The summed E-state index contributed by atoms with van der Waals surface area (Å²) < 4.78 is 1.92. The van der Waals surface area contributed by atoms with Gasteiger partial charge in [-0.2, -0.15) is 16.9 Å². The van der Waals surface area contributed by atoms with Crippen LogP contribution in [-0.4, -0.2) is 46.4 Å². The van der Waals surface area contributed by atoms with Crippen LogP contribution >= 0.6 is 11.8 Å². The zero-order valence-corrected chi connectivity index (χ0v) is 16.5. The molecule has 3 rings (SSSR count). The van der Waals surface area contributed by atoms with Gasteiger partial charge in [0.15, 0.2) is 5.96 Å². The number of benzene rings is 1. The molecule has 6 heteroatoms. The van der Waals surface area contributed by atoms with Crippen molar-refractivity contribution in [1.82, 2.24) is 20.4 Å². The first-order valence-corrected chi connectivity index (χ1v) is 10.7. The van der Waals surface area contributed by atoms with Crippen LogP contribution in [0.3, 0.4) is 0 Å². The summed E-state index contributed by atoms with van der Waals surface area (Å²) in [5, 5.41) is 12.2. The Hall–Kier alpha value is -1.95. The van der Waals surface area contributed by atoms with E-state index in [1.165, 1.54) is 24.8 Å². The molecule has 0 radical (unpaired) electrons. The van der Waals surface area contributed by atoms with E-state index in [2.05, 4.69) is 47.2 Å². The van der Waals surface area contributed by atoms with Gasteiger partial charge in [0, 0.05) is 30.6 Å². The van der Waals surface area contributed by atoms with E-state index in [4.69, 9.17) is 4.99 Å². The fraction of sp³-hybridized carbons (Fsp3) is 0.500. The van der Waals surface area contributed by atoms with Crippen molar-refractivity contribution in [3.63, 3.8) is 0 Å². The van der Waals surface area contributed by atoms with Crippen molar-refractivity contribution < 1.29 is 0 Å². The quantitative estimate of drug-likeness (QED) is 0.579. The van der Waals surface area contributed by atoms with E-state index >= 15 is 0 Å². The van der Waals surface area contributed by atoms with Gasteiger partial charge in [-0.25, -0.2) is 4.68 Å². The highest BCUT2D eigenvalue weighted by Gasteiger charge is 2.24. The molecule has 5 nitrogen and oxygen atoms in total. The van der Waals surface area contributed by atoms with Crippen molar-refractivity contribution >= 4 is 17.7 Å². The first-order valence-electron chi connectivity index (χ1n) is 9.45. The third-order valence-corrected chi connectivity index (χ3v) is 5.82. The molecule has 0 spiro atoms. The molecule has 1 aliphatic rings. The largest absolute Gasteiger partial charge is 0.357 e. The summed E-state index contributed by atoms with van der Waals surface area (Å²) in [6.45, 7) is 3.76. The maximum absolute atomic E-state index is 4.76. The summed E-state index contributed by atoms with van der Waals surface area (Å²) in [5.74, 6) is 0.940. The monoisotopic (exact) mass is 371 g/mol. The van der Waals surface area contributed by atoms with Gasteiger partial charge in [0.05, 0.1) is 11.9 Å². The van der Waals surface area contributed by atoms with E-state index in [0.29, 0.717) is 6.04 Å². The molecule has 140 valence electrons. The third kappa shape index (κ3) is 5.27. The maximum atomic E-state index is 4.76. The van der Waals surface area contributed by atoms with Crippen LogP contribution in [0.5, 0.6) is 0 Å². The second kappa shape index (κ2) is 9.67. The second-order valence-electron chi connectivity index (χ2n) is 6.65. The Kier molecular flexibility index (Phi) is 7.00. The lowest BCUT2D eigenvalue weighted by Gasteiger charge is -2.17. The highest BCUT2D eigenvalue weighted by atomic mass is 32.2. The Morgan fingerprint density at radius 1 is 1.31 bits per heavy atom. The van der Waals surface area contributed by atoms with E-state index in [9.17, 15) is 0 Å². The summed E-state index contributed by atoms with van der Waals surface area (Å²) in [6.07, 6.45) is 10.9. The van der Waals surface area contributed by atoms with Gasteiger partial charge >= 0.3 is 0 Å². The lowest BCUT2D eigenvalue weighted by Crippen LogP contribution is -2.42. The normalized spacial score (nSPS) is 20.3. The van der Waals surface area contributed by atoms with Crippen LogP contribution in [0, 0.1) is 0 Å². The van der Waals surface area contributed by atoms with Crippen LogP contribution < -0.4 is 10.6 Å². The Labute approximate surface area is 160 Å². The minimum Gasteiger partial charge on any atom is -0.357 e. The molecule has 1 aliphatic carbocycles. The first-order chi connectivity index (χ1) is 12.8. The molecule has 2 N–H and O–H groups in total. The summed E-state index contributed by atoms with van der Waals surface area (Å²) in [6, 6.07) is 10.7. The van der Waals surface area contributed by atoms with Crippen LogP contribution in [0.25, 0.3) is 5.69 Å². The summed E-state index contributed by atoms with van der Waals surface area (Å²) in [7, 11) is 0. The number of nitrogens with zero attached hydrogens (tertiary/aromatic N) is 3. The summed E-state index contributed by atoms with van der Waals surface area (Å²) >= 11 is 1.98. The minimum atomic E-state index is 0.547. The van der Waals surface area contributed by atoms with Crippen molar-refractivity contribution in [1.29, 1.82) is 0 Å². The number of thioether (sulfide) groups is 1. The van der Waals surface area contributed by atoms with Gasteiger partial charge < -0.3 is 10.6 Å². The van der Waals surface area contributed by atoms with Gasteiger partial charge in [-0.05, 0) is 56.6 Å². The van der Waals surface area contributed by atoms with Gasteiger partial charge in [-0.3, -0.25) is 4.99 Å². The molecule has 1 saturated carbocycles. The van der Waals surface area contributed by atoms with Crippen molar-refractivity contribution in [2.45, 2.75) is 43.9 Å². The summed E-state index contributed by atoms with van der Waals surface area (Å²) in [5.41, 5.74) is 2.29. The van der Waals surface area contributed by atoms with Crippen LogP contribution in [0.1, 0.15) is 31.7 Å². The molecule has 2 unspecified atom stereocenters. The van der Waals surface area contributed by atoms with Crippen LogP contribution in [0.4, 0.5) is 0 Å². The molecule has 0 bridgehead atoms. The molecular weight excluding hydrogens is 342 g/mol. The van der Waals surface area contributed by atoms with Crippen molar-refractivity contribution in [3.8, 4) is 5.69 Å². The molecule has 1 heterocycles. The smallest absolute Gasteiger partial charge is 0.191 e. The SMILES string of the molecule is CCNC(=NCCc1cnn(-c2ccccc2)c1)NC1CCC(SC)C1. The predicted molar refractivity (Wildman–Crippen MR) is 111 cm³/mol. The number of aromatic nitrogens is 2. The fourth-order valence-electron chi connectivity index (χ4n) is 3.31. The molecule has 1 aromatic heterocycles. The van der Waals surface area contributed by atoms with Gasteiger partial charge in [-0.15, -0.1) is 0 Å². The zero-order valence-electron chi connectivity index (χ0n) is 15.7. The molecule has 2 atom stereocenters. The lowest BCUT2D eigenvalue weighted by molar-refractivity contribution is 0.615. The average molecular weight is 372 g/mol. The van der Waals surface area contributed by atoms with Gasteiger partial charge in [0.25, 0.3) is 0 Å². The molecule has 26 heavy (non-hydrogen) atoms. The number of rotatable bonds is 7. The second-order valence-corrected chi connectivity index (χ2v) is 7.79. The van der Waals surface area contributed by atoms with Crippen LogP contribution in [-0.2, 0) is 6.42 Å². The first kappa shape index (κ1) is 18.8. The highest BCUT2D eigenvalue weighted by Crippen LogP contribution is 2.28. The number of hydrogen-bond acceptors (Lipinski definition) is 3. The third-order valence-electron chi connectivity index (χ3n) is 4.73.